The van der Waals surface area contributed by atoms with Crippen LogP contribution in [0.5, 0.6) is 0 Å². The van der Waals surface area contributed by atoms with E-state index in [9.17, 15) is 13.5 Å². The second-order valence-electron chi connectivity index (χ2n) is 14.9. The van der Waals surface area contributed by atoms with Crippen molar-refractivity contribution in [1.82, 2.24) is 19.0 Å². The van der Waals surface area contributed by atoms with E-state index in [1.54, 1.807) is 18.2 Å². The molecule has 4 fully saturated rings. The van der Waals surface area contributed by atoms with E-state index < -0.39 is 10.0 Å². The van der Waals surface area contributed by atoms with Gasteiger partial charge in [-0.3, -0.25) is 4.90 Å². The minimum absolute atomic E-state index is 0.0683. The molecule has 1 N–H and O–H groups in total. The van der Waals surface area contributed by atoms with Crippen LogP contribution >= 0.6 is 11.8 Å². The van der Waals surface area contributed by atoms with Crippen molar-refractivity contribution in [3.05, 3.63) is 0 Å². The maximum Gasteiger partial charge on any atom is 0.216 e. The SMILES string of the molecule is CC(C)S(=O)(=O)N1CCC2(CC1)CN(CC1CCC(O)CC1)C2.CC(C)SCCCOCCCCN1CCN(C(C)C)CC1. The van der Waals surface area contributed by atoms with E-state index in [0.717, 1.165) is 76.0 Å². The van der Waals surface area contributed by atoms with Crippen molar-refractivity contribution >= 4 is 21.8 Å². The van der Waals surface area contributed by atoms with Gasteiger partial charge in [0.05, 0.1) is 11.4 Å². The zero-order valence-electron chi connectivity index (χ0n) is 29.2. The number of hydrogen-bond donors (Lipinski definition) is 1. The number of aliphatic hydroxyl groups excluding tert-OH is 1. The Labute approximate surface area is 276 Å². The zero-order valence-corrected chi connectivity index (χ0v) is 30.9. The fourth-order valence-electron chi connectivity index (χ4n) is 7.18. The number of piperidine rings is 1. The average Bonchev–Trinajstić information content (AvgIpc) is 2.97. The van der Waals surface area contributed by atoms with Crippen LogP contribution in [0.15, 0.2) is 0 Å². The minimum atomic E-state index is -3.08. The molecular weight excluding hydrogens is 593 g/mol. The van der Waals surface area contributed by atoms with E-state index in [2.05, 4.69) is 42.4 Å². The first kappa shape index (κ1) is 38.5. The molecule has 0 atom stereocenters. The molecule has 0 amide bonds. The molecular formula is C34H68N4O4S2. The molecule has 8 nitrogen and oxygen atoms in total. The summed E-state index contributed by atoms with van der Waals surface area (Å²) in [5.74, 6) is 1.98. The van der Waals surface area contributed by atoms with E-state index in [1.807, 2.05) is 11.8 Å². The van der Waals surface area contributed by atoms with E-state index >= 15 is 0 Å². The third kappa shape index (κ3) is 12.9. The van der Waals surface area contributed by atoms with Crippen LogP contribution in [0.1, 0.15) is 99.3 Å². The number of thioether (sulfide) groups is 1. The molecule has 1 saturated carbocycles. The summed E-state index contributed by atoms with van der Waals surface area (Å²) in [4.78, 5) is 7.74. The van der Waals surface area contributed by atoms with Gasteiger partial charge in [0.15, 0.2) is 0 Å². The van der Waals surface area contributed by atoms with Crippen LogP contribution in [-0.2, 0) is 14.8 Å². The number of hydrogen-bond acceptors (Lipinski definition) is 8. The summed E-state index contributed by atoms with van der Waals surface area (Å²) in [6.45, 7) is 25.6. The molecule has 3 aliphatic heterocycles. The Bertz CT molecular complexity index is 872. The minimum Gasteiger partial charge on any atom is -0.393 e. The fourth-order valence-corrected chi connectivity index (χ4v) is 9.22. The van der Waals surface area contributed by atoms with Gasteiger partial charge in [0, 0.05) is 78.2 Å². The molecule has 0 unspecified atom stereocenters. The van der Waals surface area contributed by atoms with Crippen molar-refractivity contribution in [1.29, 1.82) is 0 Å². The first-order valence-corrected chi connectivity index (χ1v) is 20.5. The molecule has 3 saturated heterocycles. The predicted molar refractivity (Wildman–Crippen MR) is 187 cm³/mol. The van der Waals surface area contributed by atoms with Crippen LogP contribution in [0, 0.1) is 11.3 Å². The Hall–Kier alpha value is 0.0600. The van der Waals surface area contributed by atoms with Crippen LogP contribution in [0.3, 0.4) is 0 Å². The Morgan fingerprint density at radius 1 is 0.818 bits per heavy atom. The maximum atomic E-state index is 12.3. The summed E-state index contributed by atoms with van der Waals surface area (Å²) in [5.41, 5.74) is 0.372. The molecule has 260 valence electrons. The van der Waals surface area contributed by atoms with Crippen LogP contribution in [0.25, 0.3) is 0 Å². The number of unbranched alkanes of at least 4 members (excludes halogenated alkanes) is 1. The number of piperazine rings is 1. The number of ether oxygens (including phenoxy) is 1. The highest BCUT2D eigenvalue weighted by molar-refractivity contribution is 7.99. The fraction of sp³-hybridized carbons (Fsp3) is 1.00. The molecule has 1 aliphatic carbocycles. The Morgan fingerprint density at radius 2 is 1.43 bits per heavy atom. The van der Waals surface area contributed by atoms with Gasteiger partial charge < -0.3 is 19.6 Å². The van der Waals surface area contributed by atoms with Crippen molar-refractivity contribution in [3.63, 3.8) is 0 Å². The second kappa shape index (κ2) is 19.2. The summed E-state index contributed by atoms with van der Waals surface area (Å²) in [6.07, 6.45) is 9.89. The van der Waals surface area contributed by atoms with E-state index in [0.29, 0.717) is 24.5 Å². The molecule has 10 heteroatoms. The molecule has 0 bridgehead atoms. The molecule has 3 heterocycles. The monoisotopic (exact) mass is 660 g/mol. The molecule has 0 aromatic heterocycles. The van der Waals surface area contributed by atoms with Crippen LogP contribution in [0.4, 0.5) is 0 Å². The number of rotatable bonds is 15. The largest absolute Gasteiger partial charge is 0.393 e. The Morgan fingerprint density at radius 3 is 2.00 bits per heavy atom. The summed E-state index contributed by atoms with van der Waals surface area (Å²) in [5, 5.41) is 10.0. The molecule has 0 radical (unpaired) electrons. The molecule has 1 spiro atoms. The van der Waals surface area contributed by atoms with Crippen LogP contribution < -0.4 is 0 Å². The second-order valence-corrected chi connectivity index (χ2v) is 19.1. The molecule has 0 aromatic carbocycles. The van der Waals surface area contributed by atoms with Crippen molar-refractivity contribution < 1.29 is 18.3 Å². The summed E-state index contributed by atoms with van der Waals surface area (Å²) in [6, 6.07) is 0.703. The molecule has 44 heavy (non-hydrogen) atoms. The lowest BCUT2D eigenvalue weighted by Gasteiger charge is -2.55. The highest BCUT2D eigenvalue weighted by atomic mass is 32.2. The van der Waals surface area contributed by atoms with Crippen LogP contribution in [-0.4, -0.2) is 140 Å². The highest BCUT2D eigenvalue weighted by Crippen LogP contribution is 2.42. The van der Waals surface area contributed by atoms with E-state index in [-0.39, 0.29) is 11.4 Å². The van der Waals surface area contributed by atoms with Crippen molar-refractivity contribution in [2.24, 2.45) is 11.3 Å². The average molecular weight is 661 g/mol. The topological polar surface area (TPSA) is 76.6 Å². The van der Waals surface area contributed by atoms with Crippen molar-refractivity contribution in [2.45, 2.75) is 122 Å². The van der Waals surface area contributed by atoms with E-state index in [1.165, 1.54) is 64.3 Å². The number of sulfonamides is 1. The standard InChI is InChI=1S/C17H32N2O3S.C17H36N2OS/c1-14(2)23(21,22)19-9-7-17(8-10-19)12-18(13-17)11-15-3-5-16(20)6-4-15;1-16(2)19-11-9-18(10-12-19)8-5-6-13-20-14-7-15-21-17(3)4/h14-16,20H,3-13H2,1-2H3;16-17H,5-15H2,1-4H3. The first-order valence-electron chi connectivity index (χ1n) is 18.0. The van der Waals surface area contributed by atoms with E-state index in [4.69, 9.17) is 4.74 Å². The van der Waals surface area contributed by atoms with Gasteiger partial charge in [0.25, 0.3) is 0 Å². The first-order chi connectivity index (χ1) is 20.9. The molecule has 0 aromatic rings. The molecule has 4 rings (SSSR count). The third-order valence-electron chi connectivity index (χ3n) is 10.2. The third-order valence-corrected chi connectivity index (χ3v) is 13.7. The van der Waals surface area contributed by atoms with Crippen molar-refractivity contribution in [2.75, 3.05) is 84.4 Å². The number of aliphatic hydroxyl groups is 1. The number of likely N-dealkylation sites (tertiary alicyclic amines) is 1. The lowest BCUT2D eigenvalue weighted by Crippen LogP contribution is -2.61. The summed E-state index contributed by atoms with van der Waals surface area (Å²) in [7, 11) is -3.08. The van der Waals surface area contributed by atoms with Crippen LogP contribution in [0.2, 0.25) is 0 Å². The molecule has 4 aliphatic rings. The smallest absolute Gasteiger partial charge is 0.216 e. The normalized spacial score (nSPS) is 25.9. The number of nitrogens with zero attached hydrogens (tertiary/aromatic N) is 4. The predicted octanol–water partition coefficient (Wildman–Crippen LogP) is 5.01. The summed E-state index contributed by atoms with van der Waals surface area (Å²) < 4.78 is 31.9. The van der Waals surface area contributed by atoms with Gasteiger partial charge in [-0.15, -0.1) is 0 Å². The highest BCUT2D eigenvalue weighted by Gasteiger charge is 2.46. The summed E-state index contributed by atoms with van der Waals surface area (Å²) >= 11 is 2.03. The maximum absolute atomic E-state index is 12.3. The lowest BCUT2D eigenvalue weighted by atomic mass is 9.71. The van der Waals surface area contributed by atoms with Gasteiger partial charge in [0.1, 0.15) is 0 Å². The van der Waals surface area contributed by atoms with Crippen molar-refractivity contribution in [3.8, 4) is 0 Å². The van der Waals surface area contributed by atoms with Gasteiger partial charge in [-0.2, -0.15) is 11.8 Å². The van der Waals surface area contributed by atoms with Gasteiger partial charge >= 0.3 is 0 Å². The zero-order chi connectivity index (χ0) is 32.2. The quantitative estimate of drug-likeness (QED) is 0.246. The Kier molecular flexibility index (Phi) is 16.8. The van der Waals surface area contributed by atoms with Gasteiger partial charge in [-0.25, -0.2) is 12.7 Å². The van der Waals surface area contributed by atoms with Gasteiger partial charge in [-0.1, -0.05) is 13.8 Å². The lowest BCUT2D eigenvalue weighted by molar-refractivity contribution is -0.0474. The van der Waals surface area contributed by atoms with Gasteiger partial charge in [0.2, 0.25) is 10.0 Å². The Balaban J connectivity index is 0.000000242. The van der Waals surface area contributed by atoms with Gasteiger partial charge in [-0.05, 0) is 114 Å².